The molecule has 0 heterocycles. The van der Waals surface area contributed by atoms with Crippen LogP contribution in [0, 0.1) is 0 Å². The Kier molecular flexibility index (Phi) is 9.26. The van der Waals surface area contributed by atoms with E-state index in [1.807, 2.05) is 0 Å². The Labute approximate surface area is 91.1 Å². The van der Waals surface area contributed by atoms with Gasteiger partial charge in [-0.2, -0.15) is 0 Å². The number of halogens is 2. The van der Waals surface area contributed by atoms with Crippen LogP contribution < -0.4 is 11.5 Å². The van der Waals surface area contributed by atoms with Gasteiger partial charge in [-0.25, -0.2) is 0 Å². The Morgan fingerprint density at radius 1 is 1.12 bits per heavy atom. The van der Waals surface area contributed by atoms with Crippen molar-refractivity contribution in [3.8, 4) is 0 Å². The fraction of sp³-hybridized carbons (Fsp3) is 1.00. The molecule has 0 aliphatic rings. The van der Waals surface area contributed by atoms with Crippen molar-refractivity contribution in [3.05, 3.63) is 0 Å². The van der Waals surface area contributed by atoms with Gasteiger partial charge in [0.15, 0.2) is 0 Å². The maximum absolute atomic E-state index is 5.32. The first kappa shape index (κ1) is 12.7. The minimum absolute atomic E-state index is 0. The van der Waals surface area contributed by atoms with E-state index in [1.165, 1.54) is 0 Å². The molecule has 0 radical (unpaired) electrons. The van der Waals surface area contributed by atoms with Gasteiger partial charge in [0.1, 0.15) is 0 Å². The Morgan fingerprint density at radius 2 is 1.38 bits per heavy atom. The fourth-order valence-electron chi connectivity index (χ4n) is 0.0833. The van der Waals surface area contributed by atoms with Gasteiger partial charge < -0.3 is 11.5 Å². The van der Waals surface area contributed by atoms with Gasteiger partial charge in [-0.3, -0.25) is 0 Å². The average Bonchev–Trinajstić information content (AvgIpc) is 1.68. The van der Waals surface area contributed by atoms with E-state index >= 15 is 0 Å². The van der Waals surface area contributed by atoms with Crippen LogP contribution in [0.2, 0.25) is 0 Å². The molecule has 52 valence electrons. The topological polar surface area (TPSA) is 52.0 Å². The zero-order valence-electron chi connectivity index (χ0n) is 4.14. The maximum Gasteiger partial charge on any atom is 2.00 e. The monoisotopic (exact) mass is 521 g/mol. The molecule has 0 saturated heterocycles. The standard InChI is InChI=1S/C3H8I2N2.Pt/c4-3(5,1-6)2-7;/h1-2,6-7H2;/q;+2. The predicted octanol–water partition coefficient (Wildman–Crippen LogP) is 0.468. The van der Waals surface area contributed by atoms with Gasteiger partial charge in [-0.05, 0) is 0 Å². The molecule has 0 bridgehead atoms. The second-order valence-corrected chi connectivity index (χ2v) is 7.46. The molecule has 0 aromatic heterocycles. The first-order chi connectivity index (χ1) is 3.12. The summed E-state index contributed by atoms with van der Waals surface area (Å²) in [6.45, 7) is 1.29. The largest absolute Gasteiger partial charge is 2.00 e. The Morgan fingerprint density at radius 3 is 1.38 bits per heavy atom. The van der Waals surface area contributed by atoms with E-state index in [4.69, 9.17) is 11.5 Å². The van der Waals surface area contributed by atoms with Crippen molar-refractivity contribution in [1.82, 2.24) is 0 Å². The van der Waals surface area contributed by atoms with Crippen molar-refractivity contribution in [2.75, 3.05) is 13.1 Å². The van der Waals surface area contributed by atoms with Crippen LogP contribution in [0.25, 0.3) is 0 Å². The predicted molar refractivity (Wildman–Crippen MR) is 48.9 cm³/mol. The van der Waals surface area contributed by atoms with E-state index in [0.29, 0.717) is 13.1 Å². The normalized spacial score (nSPS) is 10.5. The number of nitrogens with two attached hydrogens (primary N) is 2. The quantitative estimate of drug-likeness (QED) is 0.411. The smallest absolute Gasteiger partial charge is 0.328 e. The average molecular weight is 521 g/mol. The molecule has 0 rings (SSSR count). The first-order valence-electron chi connectivity index (χ1n) is 1.90. The van der Waals surface area contributed by atoms with E-state index in [2.05, 4.69) is 45.2 Å². The van der Waals surface area contributed by atoms with Crippen LogP contribution in [0.15, 0.2) is 0 Å². The molecule has 0 saturated carbocycles. The zero-order valence-corrected chi connectivity index (χ0v) is 10.7. The SMILES string of the molecule is NCC(I)(I)CN.[Pt+2]. The summed E-state index contributed by atoms with van der Waals surface area (Å²) in [7, 11) is 0. The van der Waals surface area contributed by atoms with Crippen LogP contribution in [-0.4, -0.2) is 14.5 Å². The van der Waals surface area contributed by atoms with Crippen LogP contribution in [0.3, 0.4) is 0 Å². The van der Waals surface area contributed by atoms with Crippen LogP contribution >= 0.6 is 45.2 Å². The molecule has 0 aromatic carbocycles. The van der Waals surface area contributed by atoms with Gasteiger partial charge in [0.25, 0.3) is 0 Å². The van der Waals surface area contributed by atoms with Crippen molar-refractivity contribution in [3.63, 3.8) is 0 Å². The first-order valence-corrected chi connectivity index (χ1v) is 4.06. The molecule has 5 heteroatoms. The van der Waals surface area contributed by atoms with Gasteiger partial charge in [0, 0.05) is 13.1 Å². The maximum atomic E-state index is 5.32. The minimum Gasteiger partial charge on any atom is -0.328 e. The molecule has 0 unspecified atom stereocenters. The molecule has 2 nitrogen and oxygen atoms in total. The Balaban J connectivity index is 0. The van der Waals surface area contributed by atoms with Crippen molar-refractivity contribution < 1.29 is 21.1 Å². The van der Waals surface area contributed by atoms with Crippen LogP contribution in [0.1, 0.15) is 0 Å². The molecule has 0 amide bonds. The molecule has 0 aliphatic carbocycles. The van der Waals surface area contributed by atoms with E-state index in [-0.39, 0.29) is 22.5 Å². The third kappa shape index (κ3) is 6.19. The van der Waals surface area contributed by atoms with E-state index < -0.39 is 0 Å². The molecule has 0 atom stereocenters. The molecule has 0 aliphatic heterocycles. The Hall–Kier alpha value is 2.07. The van der Waals surface area contributed by atoms with Crippen molar-refractivity contribution in [2.45, 2.75) is 1.43 Å². The van der Waals surface area contributed by atoms with Gasteiger partial charge >= 0.3 is 21.1 Å². The minimum atomic E-state index is 0. The Bertz CT molecular complexity index is 53.2. The van der Waals surface area contributed by atoms with Gasteiger partial charge in [0.05, 0.1) is 1.43 Å². The summed E-state index contributed by atoms with van der Waals surface area (Å²) in [5.74, 6) is 0. The number of hydrogen-bond acceptors (Lipinski definition) is 2. The van der Waals surface area contributed by atoms with Crippen molar-refractivity contribution >= 4 is 45.2 Å². The molecule has 0 aromatic rings. The van der Waals surface area contributed by atoms with E-state index in [1.54, 1.807) is 0 Å². The number of alkyl halides is 2. The third-order valence-corrected chi connectivity index (χ3v) is 2.36. The molecule has 8 heavy (non-hydrogen) atoms. The van der Waals surface area contributed by atoms with Crippen molar-refractivity contribution in [2.24, 2.45) is 11.5 Å². The summed E-state index contributed by atoms with van der Waals surface area (Å²) in [6, 6.07) is 0. The van der Waals surface area contributed by atoms with Gasteiger partial charge in [-0.15, -0.1) is 0 Å². The molecular formula is C3H8I2N2Pt+2. The fourth-order valence-corrected chi connectivity index (χ4v) is 0.0833. The van der Waals surface area contributed by atoms with Crippen LogP contribution in [0.4, 0.5) is 0 Å². The third-order valence-electron chi connectivity index (χ3n) is 0.597. The number of rotatable bonds is 2. The zero-order chi connectivity index (χ0) is 5.91. The molecule has 0 spiro atoms. The number of hydrogen-bond donors (Lipinski definition) is 2. The second kappa shape index (κ2) is 5.82. The summed E-state index contributed by atoms with van der Waals surface area (Å²) in [6.07, 6.45) is 0. The van der Waals surface area contributed by atoms with Crippen molar-refractivity contribution in [1.29, 1.82) is 0 Å². The van der Waals surface area contributed by atoms with Crippen LogP contribution in [0.5, 0.6) is 0 Å². The summed E-state index contributed by atoms with van der Waals surface area (Å²) in [4.78, 5) is 0. The van der Waals surface area contributed by atoms with Gasteiger partial charge in [-0.1, -0.05) is 45.2 Å². The molecular weight excluding hydrogens is 513 g/mol. The molecule has 4 N–H and O–H groups in total. The second-order valence-electron chi connectivity index (χ2n) is 1.26. The summed E-state index contributed by atoms with van der Waals surface area (Å²) in [5.41, 5.74) is 10.6. The molecule has 0 fully saturated rings. The summed E-state index contributed by atoms with van der Waals surface area (Å²) in [5, 5.41) is 0. The van der Waals surface area contributed by atoms with Crippen LogP contribution in [-0.2, 0) is 21.1 Å². The van der Waals surface area contributed by atoms with E-state index in [0.717, 1.165) is 0 Å². The summed E-state index contributed by atoms with van der Waals surface area (Å²) >= 11 is 4.48. The summed E-state index contributed by atoms with van der Waals surface area (Å²) < 4.78 is 0.0789. The van der Waals surface area contributed by atoms with Gasteiger partial charge in [0.2, 0.25) is 0 Å². The van der Waals surface area contributed by atoms with E-state index in [9.17, 15) is 0 Å².